The van der Waals surface area contributed by atoms with Gasteiger partial charge in [0.2, 0.25) is 17.7 Å². The molecule has 0 saturated carbocycles. The van der Waals surface area contributed by atoms with Crippen LogP contribution in [0.3, 0.4) is 0 Å². The summed E-state index contributed by atoms with van der Waals surface area (Å²) in [6.45, 7) is 10.7. The summed E-state index contributed by atoms with van der Waals surface area (Å²) in [4.78, 5) is 43.5. The highest BCUT2D eigenvalue weighted by Crippen LogP contribution is 2.26. The van der Waals surface area contributed by atoms with Crippen LogP contribution in [0.1, 0.15) is 50.3 Å². The highest BCUT2D eigenvalue weighted by atomic mass is 16.2. The second-order valence-corrected chi connectivity index (χ2v) is 11.8. The lowest BCUT2D eigenvalue weighted by Gasteiger charge is -2.37. The van der Waals surface area contributed by atoms with Crippen LogP contribution in [-0.4, -0.2) is 79.4 Å². The zero-order valence-electron chi connectivity index (χ0n) is 24.8. The number of rotatable bonds is 13. The number of likely N-dealkylation sites (tertiary alicyclic amines) is 1. The fraction of sp³-hybridized carbons (Fsp3) is 0.531. The first-order valence-electron chi connectivity index (χ1n) is 14.4. The molecule has 0 radical (unpaired) electrons. The minimum absolute atomic E-state index is 0.0264. The van der Waals surface area contributed by atoms with Crippen LogP contribution in [-0.2, 0) is 27.3 Å². The molecule has 1 saturated heterocycles. The van der Waals surface area contributed by atoms with E-state index in [0.29, 0.717) is 26.2 Å². The SMILES string of the molecule is CNCC(=O)NC(C(=O)N1CCC[C@H]1CN(CCc1ccccc1)C(=O)CNCc1ccccc1C)C(C)(C)C. The van der Waals surface area contributed by atoms with Gasteiger partial charge in [0.25, 0.3) is 0 Å². The lowest BCUT2D eigenvalue weighted by molar-refractivity contribution is -0.141. The van der Waals surface area contributed by atoms with E-state index in [9.17, 15) is 14.4 Å². The molecule has 0 bridgehead atoms. The minimum Gasteiger partial charge on any atom is -0.343 e. The molecular weight excluding hydrogens is 502 g/mol. The van der Waals surface area contributed by atoms with Gasteiger partial charge in [-0.25, -0.2) is 0 Å². The lowest BCUT2D eigenvalue weighted by Crippen LogP contribution is -2.58. The van der Waals surface area contributed by atoms with Gasteiger partial charge in [-0.05, 0) is 55.3 Å². The standard InChI is InChI=1S/C32H47N5O3/c1-24-12-9-10-15-26(24)20-34-22-29(39)36(19-17-25-13-7-6-8-14-25)23-27-16-11-18-37(27)31(40)30(32(2,3)4)35-28(38)21-33-5/h6-10,12-15,27,30,33-34H,11,16-23H2,1-5H3,(H,35,38)/t27-,30?/m0/s1. The van der Waals surface area contributed by atoms with E-state index < -0.39 is 11.5 Å². The van der Waals surface area contributed by atoms with Crippen LogP contribution >= 0.6 is 0 Å². The Bertz CT molecular complexity index is 1120. The van der Waals surface area contributed by atoms with E-state index in [1.54, 1.807) is 7.05 Å². The Labute approximate surface area is 239 Å². The molecule has 8 nitrogen and oxygen atoms in total. The molecule has 3 N–H and O–H groups in total. The molecular formula is C32H47N5O3. The third kappa shape index (κ3) is 9.17. The van der Waals surface area contributed by atoms with Crippen molar-refractivity contribution in [1.82, 2.24) is 25.8 Å². The lowest BCUT2D eigenvalue weighted by atomic mass is 9.85. The number of carbonyl (C=O) groups excluding carboxylic acids is 3. The van der Waals surface area contributed by atoms with E-state index in [1.807, 2.05) is 60.9 Å². The number of amides is 3. The van der Waals surface area contributed by atoms with Gasteiger partial charge in [0, 0.05) is 32.2 Å². The van der Waals surface area contributed by atoms with Crippen LogP contribution < -0.4 is 16.0 Å². The predicted molar refractivity (Wildman–Crippen MR) is 160 cm³/mol. The van der Waals surface area contributed by atoms with Crippen molar-refractivity contribution in [2.45, 2.75) is 65.6 Å². The van der Waals surface area contributed by atoms with Crippen LogP contribution in [0.2, 0.25) is 0 Å². The Kier molecular flexibility index (Phi) is 11.7. The molecule has 3 amide bonds. The first-order chi connectivity index (χ1) is 19.1. The van der Waals surface area contributed by atoms with E-state index in [4.69, 9.17) is 0 Å². The Hall–Kier alpha value is -3.23. The number of nitrogens with one attached hydrogen (secondary N) is 3. The molecule has 2 atom stereocenters. The molecule has 3 rings (SSSR count). The van der Waals surface area contributed by atoms with Gasteiger partial charge in [0.15, 0.2) is 0 Å². The van der Waals surface area contributed by atoms with Gasteiger partial charge in [-0.1, -0.05) is 75.4 Å². The first kappa shape index (κ1) is 31.3. The summed E-state index contributed by atoms with van der Waals surface area (Å²) >= 11 is 0. The highest BCUT2D eigenvalue weighted by molar-refractivity contribution is 5.89. The van der Waals surface area contributed by atoms with E-state index >= 15 is 0 Å². The van der Waals surface area contributed by atoms with E-state index in [2.05, 4.69) is 47.1 Å². The molecule has 0 spiro atoms. The molecule has 2 aromatic rings. The third-order valence-electron chi connectivity index (χ3n) is 7.57. The van der Waals surface area contributed by atoms with E-state index in [1.165, 1.54) is 16.7 Å². The van der Waals surface area contributed by atoms with Crippen molar-refractivity contribution in [2.75, 3.05) is 39.8 Å². The molecule has 1 unspecified atom stereocenters. The summed E-state index contributed by atoms with van der Waals surface area (Å²) < 4.78 is 0. The van der Waals surface area contributed by atoms with Gasteiger partial charge in [-0.3, -0.25) is 14.4 Å². The zero-order valence-corrected chi connectivity index (χ0v) is 24.8. The summed E-state index contributed by atoms with van der Waals surface area (Å²) in [5.74, 6) is -0.253. The minimum atomic E-state index is -0.641. The summed E-state index contributed by atoms with van der Waals surface area (Å²) in [5, 5.41) is 9.12. The van der Waals surface area contributed by atoms with Crippen LogP contribution in [0.4, 0.5) is 0 Å². The average Bonchev–Trinajstić information content (AvgIpc) is 3.38. The number of benzene rings is 2. The van der Waals surface area contributed by atoms with Crippen molar-refractivity contribution in [2.24, 2.45) is 5.41 Å². The molecule has 0 aromatic heterocycles. The summed E-state index contributed by atoms with van der Waals surface area (Å²) in [5.41, 5.74) is 3.09. The largest absolute Gasteiger partial charge is 0.343 e. The summed E-state index contributed by atoms with van der Waals surface area (Å²) in [7, 11) is 1.71. The Morgan fingerprint density at radius 1 is 1.02 bits per heavy atom. The molecule has 8 heteroatoms. The topological polar surface area (TPSA) is 93.8 Å². The maximum Gasteiger partial charge on any atom is 0.246 e. The van der Waals surface area contributed by atoms with Crippen molar-refractivity contribution in [1.29, 1.82) is 0 Å². The fourth-order valence-electron chi connectivity index (χ4n) is 5.21. The molecule has 2 aromatic carbocycles. The molecule has 1 heterocycles. The van der Waals surface area contributed by atoms with Gasteiger partial charge in [0.05, 0.1) is 13.1 Å². The fourth-order valence-corrected chi connectivity index (χ4v) is 5.21. The molecule has 1 aliphatic rings. The Morgan fingerprint density at radius 3 is 2.40 bits per heavy atom. The van der Waals surface area contributed by atoms with Crippen molar-refractivity contribution < 1.29 is 14.4 Å². The highest BCUT2D eigenvalue weighted by Gasteiger charge is 2.40. The van der Waals surface area contributed by atoms with Gasteiger partial charge in [-0.2, -0.15) is 0 Å². The second kappa shape index (κ2) is 15.0. The van der Waals surface area contributed by atoms with E-state index in [0.717, 1.165) is 19.3 Å². The Morgan fingerprint density at radius 2 is 1.73 bits per heavy atom. The normalized spacial score (nSPS) is 16.0. The number of nitrogens with zero attached hydrogens (tertiary/aromatic N) is 2. The van der Waals surface area contributed by atoms with Crippen molar-refractivity contribution >= 4 is 17.7 Å². The predicted octanol–water partition coefficient (Wildman–Crippen LogP) is 2.90. The van der Waals surface area contributed by atoms with Gasteiger partial charge < -0.3 is 25.8 Å². The third-order valence-corrected chi connectivity index (χ3v) is 7.57. The maximum atomic E-state index is 13.8. The number of hydrogen-bond acceptors (Lipinski definition) is 5. The van der Waals surface area contributed by atoms with Crippen LogP contribution in [0.15, 0.2) is 54.6 Å². The second-order valence-electron chi connectivity index (χ2n) is 11.8. The number of aryl methyl sites for hydroxylation is 1. The number of carbonyl (C=O) groups is 3. The number of hydrogen-bond donors (Lipinski definition) is 3. The van der Waals surface area contributed by atoms with Crippen molar-refractivity contribution in [3.05, 3.63) is 71.3 Å². The van der Waals surface area contributed by atoms with E-state index in [-0.39, 0.29) is 36.9 Å². The average molecular weight is 550 g/mol. The quantitative estimate of drug-likeness (QED) is 0.357. The summed E-state index contributed by atoms with van der Waals surface area (Å²) in [6, 6.07) is 17.6. The summed E-state index contributed by atoms with van der Waals surface area (Å²) in [6.07, 6.45) is 2.46. The first-order valence-corrected chi connectivity index (χ1v) is 14.4. The maximum absolute atomic E-state index is 13.8. The van der Waals surface area contributed by atoms with Crippen LogP contribution in [0.25, 0.3) is 0 Å². The van der Waals surface area contributed by atoms with Crippen molar-refractivity contribution in [3.63, 3.8) is 0 Å². The monoisotopic (exact) mass is 549 g/mol. The molecule has 40 heavy (non-hydrogen) atoms. The molecule has 1 aliphatic heterocycles. The number of likely N-dealkylation sites (N-methyl/N-ethyl adjacent to an activating group) is 1. The zero-order chi connectivity index (χ0) is 29.1. The Balaban J connectivity index is 1.71. The van der Waals surface area contributed by atoms with Gasteiger partial charge in [-0.15, -0.1) is 0 Å². The van der Waals surface area contributed by atoms with Crippen LogP contribution in [0.5, 0.6) is 0 Å². The molecule has 1 fully saturated rings. The van der Waals surface area contributed by atoms with Gasteiger partial charge in [0.1, 0.15) is 6.04 Å². The smallest absolute Gasteiger partial charge is 0.246 e. The van der Waals surface area contributed by atoms with Crippen LogP contribution in [0, 0.1) is 12.3 Å². The molecule has 0 aliphatic carbocycles. The van der Waals surface area contributed by atoms with Gasteiger partial charge >= 0.3 is 0 Å². The van der Waals surface area contributed by atoms with Crippen molar-refractivity contribution in [3.8, 4) is 0 Å². The molecule has 218 valence electrons.